The van der Waals surface area contributed by atoms with E-state index in [4.69, 9.17) is 12.2 Å². The topological polar surface area (TPSA) is 62.2 Å². The summed E-state index contributed by atoms with van der Waals surface area (Å²) in [5.74, 6) is -0.915. The molecule has 0 aliphatic carbocycles. The number of hydrogen-bond acceptors (Lipinski definition) is 3. The molecule has 0 saturated carbocycles. The first-order chi connectivity index (χ1) is 19.5. The molecule has 2 N–H and O–H groups in total. The molecule has 1 fully saturated rings. The predicted octanol–water partition coefficient (Wildman–Crippen LogP) is 6.65. The lowest BCUT2D eigenvalue weighted by Gasteiger charge is -2.28. The van der Waals surface area contributed by atoms with Gasteiger partial charge in [0.1, 0.15) is 5.82 Å². The van der Waals surface area contributed by atoms with Gasteiger partial charge in [-0.1, -0.05) is 24.3 Å². The summed E-state index contributed by atoms with van der Waals surface area (Å²) in [6.07, 6.45) is -2.78. The van der Waals surface area contributed by atoms with Gasteiger partial charge in [-0.05, 0) is 80.2 Å². The number of para-hydroxylation sites is 1. The van der Waals surface area contributed by atoms with Crippen molar-refractivity contribution in [2.75, 3.05) is 11.9 Å². The Bertz CT molecular complexity index is 1590. The van der Waals surface area contributed by atoms with Gasteiger partial charge in [0.25, 0.3) is 0 Å². The highest BCUT2D eigenvalue weighted by molar-refractivity contribution is 7.80. The first-order valence-corrected chi connectivity index (χ1v) is 13.3. The maximum Gasteiger partial charge on any atom is 0.416 e. The zero-order valence-electron chi connectivity index (χ0n) is 22.2. The number of amides is 1. The van der Waals surface area contributed by atoms with Crippen molar-refractivity contribution in [1.82, 2.24) is 19.8 Å². The largest absolute Gasteiger partial charge is 0.416 e. The molecule has 2 aromatic carbocycles. The number of carbonyl (C=O) groups excluding carboxylic acids is 1. The van der Waals surface area contributed by atoms with Gasteiger partial charge in [0.2, 0.25) is 5.91 Å². The lowest BCUT2D eigenvalue weighted by molar-refractivity contribution is -0.137. The highest BCUT2D eigenvalue weighted by Gasteiger charge is 2.41. The number of nitrogens with zero attached hydrogens (tertiary/aromatic N) is 3. The van der Waals surface area contributed by atoms with Crippen LogP contribution in [0.5, 0.6) is 0 Å². The molecular weight excluding hydrogens is 554 g/mol. The van der Waals surface area contributed by atoms with E-state index >= 15 is 0 Å². The van der Waals surface area contributed by atoms with Crippen LogP contribution in [0.1, 0.15) is 46.7 Å². The van der Waals surface area contributed by atoms with E-state index < -0.39 is 23.6 Å². The molecule has 0 radical (unpaired) electrons. The zero-order chi connectivity index (χ0) is 29.3. The van der Waals surface area contributed by atoms with Gasteiger partial charge in [-0.25, -0.2) is 4.39 Å². The van der Waals surface area contributed by atoms with E-state index in [1.807, 2.05) is 36.9 Å². The summed E-state index contributed by atoms with van der Waals surface area (Å²) in [6, 6.07) is 17.8. The summed E-state index contributed by atoms with van der Waals surface area (Å²) < 4.78 is 56.3. The molecule has 4 aromatic rings. The van der Waals surface area contributed by atoms with Gasteiger partial charge in [0, 0.05) is 36.2 Å². The molecular formula is C30H27F4N5OS. The number of benzene rings is 2. The molecule has 0 spiro atoms. The van der Waals surface area contributed by atoms with Crippen LogP contribution in [-0.4, -0.2) is 32.0 Å². The first-order valence-electron chi connectivity index (χ1n) is 12.9. The van der Waals surface area contributed by atoms with Gasteiger partial charge in [-0.2, -0.15) is 13.2 Å². The fourth-order valence-corrected chi connectivity index (χ4v) is 5.62. The van der Waals surface area contributed by atoms with Crippen molar-refractivity contribution >= 4 is 28.9 Å². The minimum atomic E-state index is -4.47. The van der Waals surface area contributed by atoms with Gasteiger partial charge in [0.05, 0.1) is 29.0 Å². The van der Waals surface area contributed by atoms with Gasteiger partial charge >= 0.3 is 6.18 Å². The van der Waals surface area contributed by atoms with Crippen molar-refractivity contribution in [1.29, 1.82) is 0 Å². The molecule has 1 amide bonds. The van der Waals surface area contributed by atoms with Crippen molar-refractivity contribution in [3.8, 4) is 5.69 Å². The molecule has 1 saturated heterocycles. The van der Waals surface area contributed by atoms with Gasteiger partial charge in [0.15, 0.2) is 5.11 Å². The molecule has 11 heteroatoms. The Hall–Kier alpha value is -4.25. The van der Waals surface area contributed by atoms with Crippen LogP contribution in [0.2, 0.25) is 0 Å². The SMILES string of the molecule is Cc1cc(C2C(c3ccccn3)NC(=S)N2CCC(=O)Nc2ccccc2F)c(C)n1-c1cccc(C(F)(F)F)c1. The second-order valence-corrected chi connectivity index (χ2v) is 10.2. The van der Waals surface area contributed by atoms with Crippen molar-refractivity contribution in [3.05, 3.63) is 113 Å². The van der Waals surface area contributed by atoms with Gasteiger partial charge in [-0.3, -0.25) is 9.78 Å². The van der Waals surface area contributed by atoms with E-state index in [0.717, 1.165) is 34.8 Å². The number of nitrogens with one attached hydrogen (secondary N) is 2. The number of alkyl halides is 3. The van der Waals surface area contributed by atoms with Crippen LogP contribution in [0.3, 0.4) is 0 Å². The standard InChI is InChI=1S/C30H27F4N5OS/c1-18-16-22(19(2)39(18)21-9-7-8-20(17-21)30(32,33)34)28-27(25-12-5-6-14-35-25)37-29(41)38(28)15-13-26(40)36-24-11-4-3-10-23(24)31/h3-12,14,16-17,27-28H,13,15H2,1-2H3,(H,36,40)(H,37,41). The molecule has 6 nitrogen and oxygen atoms in total. The maximum absolute atomic E-state index is 14.1. The third kappa shape index (κ3) is 5.81. The van der Waals surface area contributed by atoms with Crippen LogP contribution in [0.15, 0.2) is 79.0 Å². The fourth-order valence-electron chi connectivity index (χ4n) is 5.29. The van der Waals surface area contributed by atoms with Crippen LogP contribution in [0.4, 0.5) is 23.2 Å². The molecule has 3 heterocycles. The lowest BCUT2D eigenvalue weighted by Crippen LogP contribution is -2.33. The second-order valence-electron chi connectivity index (χ2n) is 9.81. The third-order valence-corrected chi connectivity index (χ3v) is 7.50. The van der Waals surface area contributed by atoms with E-state index in [0.29, 0.717) is 10.8 Å². The van der Waals surface area contributed by atoms with E-state index in [9.17, 15) is 22.4 Å². The molecule has 1 aliphatic rings. The number of aromatic nitrogens is 2. The Morgan fingerprint density at radius 2 is 1.80 bits per heavy atom. The van der Waals surface area contributed by atoms with Crippen molar-refractivity contribution in [2.45, 2.75) is 38.5 Å². The van der Waals surface area contributed by atoms with Gasteiger partial charge in [-0.15, -0.1) is 0 Å². The van der Waals surface area contributed by atoms with Crippen molar-refractivity contribution in [2.24, 2.45) is 0 Å². The minimum Gasteiger partial charge on any atom is -0.352 e. The number of halogens is 4. The van der Waals surface area contributed by atoms with E-state index in [1.165, 1.54) is 24.3 Å². The summed E-state index contributed by atoms with van der Waals surface area (Å²) in [5, 5.41) is 6.33. The van der Waals surface area contributed by atoms with Crippen molar-refractivity contribution in [3.63, 3.8) is 0 Å². The van der Waals surface area contributed by atoms with E-state index in [1.54, 1.807) is 29.0 Å². The summed E-state index contributed by atoms with van der Waals surface area (Å²) in [5.41, 5.74) is 2.78. The second kappa shape index (κ2) is 11.3. The lowest BCUT2D eigenvalue weighted by atomic mass is 9.96. The molecule has 41 heavy (non-hydrogen) atoms. The minimum absolute atomic E-state index is 0.0218. The smallest absolute Gasteiger partial charge is 0.352 e. The third-order valence-electron chi connectivity index (χ3n) is 7.15. The van der Waals surface area contributed by atoms with Gasteiger partial charge < -0.3 is 20.1 Å². The number of aryl methyl sites for hydroxylation is 1. The Balaban J connectivity index is 1.49. The average Bonchev–Trinajstić information content (AvgIpc) is 3.43. The monoisotopic (exact) mass is 581 g/mol. The quantitative estimate of drug-likeness (QED) is 0.189. The summed E-state index contributed by atoms with van der Waals surface area (Å²) >= 11 is 5.70. The number of hydrogen-bond donors (Lipinski definition) is 2. The molecule has 2 unspecified atom stereocenters. The van der Waals surface area contributed by atoms with Crippen LogP contribution in [0.25, 0.3) is 5.69 Å². The molecule has 5 rings (SSSR count). The predicted molar refractivity (Wildman–Crippen MR) is 152 cm³/mol. The van der Waals surface area contributed by atoms with Crippen LogP contribution >= 0.6 is 12.2 Å². The van der Waals surface area contributed by atoms with E-state index in [-0.39, 0.29) is 30.6 Å². The maximum atomic E-state index is 14.1. The molecule has 2 aromatic heterocycles. The molecule has 0 bridgehead atoms. The highest BCUT2D eigenvalue weighted by atomic mass is 32.1. The Labute approximate surface area is 240 Å². The first kappa shape index (κ1) is 28.3. The number of anilines is 1. The summed E-state index contributed by atoms with van der Waals surface area (Å²) in [4.78, 5) is 19.2. The Morgan fingerprint density at radius 1 is 1.05 bits per heavy atom. The highest BCUT2D eigenvalue weighted by Crippen LogP contribution is 2.42. The Kier molecular flexibility index (Phi) is 7.81. The number of carbonyl (C=O) groups is 1. The summed E-state index contributed by atoms with van der Waals surface area (Å²) in [6.45, 7) is 3.90. The number of rotatable bonds is 7. The normalized spacial score (nSPS) is 17.0. The van der Waals surface area contributed by atoms with Crippen LogP contribution in [-0.2, 0) is 11.0 Å². The molecule has 212 valence electrons. The van der Waals surface area contributed by atoms with Crippen molar-refractivity contribution < 1.29 is 22.4 Å². The fraction of sp³-hybridized carbons (Fsp3) is 0.233. The van der Waals surface area contributed by atoms with Crippen LogP contribution < -0.4 is 10.6 Å². The number of pyridine rings is 1. The molecule has 2 atom stereocenters. The average molecular weight is 582 g/mol. The van der Waals surface area contributed by atoms with Crippen LogP contribution in [0, 0.1) is 19.7 Å². The zero-order valence-corrected chi connectivity index (χ0v) is 23.1. The summed E-state index contributed by atoms with van der Waals surface area (Å²) in [7, 11) is 0. The number of thiocarbonyl (C=S) groups is 1. The van der Waals surface area contributed by atoms with E-state index in [2.05, 4.69) is 15.6 Å². The Morgan fingerprint density at radius 3 is 2.51 bits per heavy atom. The molecule has 1 aliphatic heterocycles.